The molecule has 2 aromatic rings. The Kier molecular flexibility index (Phi) is 5.13. The number of hydrogen-bond acceptors (Lipinski definition) is 1. The van der Waals surface area contributed by atoms with E-state index in [4.69, 9.17) is 0 Å². The normalized spacial score (nSPS) is 19.9. The van der Waals surface area contributed by atoms with Gasteiger partial charge in [-0.15, -0.1) is 0 Å². The summed E-state index contributed by atoms with van der Waals surface area (Å²) in [6.45, 7) is 6.65. The molecule has 1 fully saturated rings. The Bertz CT molecular complexity index is 844. The van der Waals surface area contributed by atoms with E-state index in [0.717, 1.165) is 12.0 Å². The second-order valence-electron chi connectivity index (χ2n) is 7.48. The smallest absolute Gasteiger partial charge is 0.339 e. The molecule has 142 valence electrons. The molecule has 1 heterocycles. The second kappa shape index (κ2) is 7.22. The molecule has 1 saturated heterocycles. The van der Waals surface area contributed by atoms with E-state index in [1.807, 2.05) is 31.2 Å². The van der Waals surface area contributed by atoms with Crippen LogP contribution in [0.15, 0.2) is 61.2 Å². The minimum Gasteiger partial charge on any atom is -0.339 e. The molecule has 1 unspecified atom stereocenters. The first kappa shape index (κ1) is 19.2. The van der Waals surface area contributed by atoms with Crippen LogP contribution in [-0.4, -0.2) is 23.9 Å². The van der Waals surface area contributed by atoms with Crippen LogP contribution in [0.3, 0.4) is 0 Å². The molecule has 1 amide bonds. The highest BCUT2D eigenvalue weighted by Crippen LogP contribution is 2.38. The van der Waals surface area contributed by atoms with Crippen LogP contribution in [0.25, 0.3) is 11.1 Å². The van der Waals surface area contributed by atoms with Crippen molar-refractivity contribution in [1.29, 1.82) is 0 Å². The molecule has 0 spiro atoms. The van der Waals surface area contributed by atoms with Crippen molar-refractivity contribution < 1.29 is 18.0 Å². The summed E-state index contributed by atoms with van der Waals surface area (Å²) in [5.74, 6) is -0.132. The van der Waals surface area contributed by atoms with Crippen molar-refractivity contribution in [3.8, 4) is 11.1 Å². The van der Waals surface area contributed by atoms with Crippen molar-refractivity contribution in [2.24, 2.45) is 5.41 Å². The molecule has 3 rings (SSSR count). The maximum atomic E-state index is 13.4. The van der Waals surface area contributed by atoms with Gasteiger partial charge in [-0.2, -0.15) is 13.2 Å². The summed E-state index contributed by atoms with van der Waals surface area (Å²) in [7, 11) is 0. The van der Waals surface area contributed by atoms with E-state index in [1.54, 1.807) is 17.0 Å². The molecule has 0 aliphatic carbocycles. The van der Waals surface area contributed by atoms with Gasteiger partial charge in [-0.3, -0.25) is 4.79 Å². The predicted octanol–water partition coefficient (Wildman–Crippen LogP) is 5.34. The summed E-state index contributed by atoms with van der Waals surface area (Å²) in [6, 6.07) is 13.3. The van der Waals surface area contributed by atoms with Crippen molar-refractivity contribution >= 4 is 5.91 Å². The van der Waals surface area contributed by atoms with Crippen LogP contribution in [0.4, 0.5) is 13.2 Å². The Morgan fingerprint density at radius 3 is 2.52 bits per heavy atom. The van der Waals surface area contributed by atoms with Gasteiger partial charge in [0, 0.05) is 13.1 Å². The zero-order chi connectivity index (χ0) is 19.7. The molecule has 1 atom stereocenters. The van der Waals surface area contributed by atoms with Gasteiger partial charge < -0.3 is 4.90 Å². The number of hydrogen-bond donors (Lipinski definition) is 0. The number of amides is 1. The van der Waals surface area contributed by atoms with Crippen LogP contribution >= 0.6 is 0 Å². The largest absolute Gasteiger partial charge is 0.416 e. The summed E-state index contributed by atoms with van der Waals surface area (Å²) in [4.78, 5) is 13.5. The van der Waals surface area contributed by atoms with E-state index in [-0.39, 0.29) is 11.3 Å². The van der Waals surface area contributed by atoms with Gasteiger partial charge in [0.05, 0.1) is 5.56 Å². The number of alkyl halides is 3. The molecule has 1 aliphatic rings. The lowest BCUT2D eigenvalue weighted by Crippen LogP contribution is -2.30. The highest BCUT2D eigenvalue weighted by molar-refractivity contribution is 5.87. The van der Waals surface area contributed by atoms with Crippen LogP contribution in [0.2, 0.25) is 0 Å². The third-order valence-electron chi connectivity index (χ3n) is 5.10. The van der Waals surface area contributed by atoms with E-state index in [9.17, 15) is 18.0 Å². The Morgan fingerprint density at radius 1 is 1.19 bits per heavy atom. The quantitative estimate of drug-likeness (QED) is 0.663. The number of likely N-dealkylation sites (tertiary alicyclic amines) is 1. The molecule has 0 saturated carbocycles. The fourth-order valence-electron chi connectivity index (χ4n) is 3.73. The van der Waals surface area contributed by atoms with E-state index >= 15 is 0 Å². The SMILES string of the molecule is C=CC(=O)N1CCC(C)(Cc2cc(-c3ccccc3)cc(C(F)(F)F)c2)C1. The van der Waals surface area contributed by atoms with Gasteiger partial charge in [0.25, 0.3) is 0 Å². The van der Waals surface area contributed by atoms with Gasteiger partial charge in [-0.1, -0.05) is 49.9 Å². The minimum absolute atomic E-state index is 0.132. The zero-order valence-corrected chi connectivity index (χ0v) is 15.2. The van der Waals surface area contributed by atoms with Crippen LogP contribution in [0.5, 0.6) is 0 Å². The van der Waals surface area contributed by atoms with Crippen LogP contribution in [0, 0.1) is 5.41 Å². The summed E-state index contributed by atoms with van der Waals surface area (Å²) in [5, 5.41) is 0. The molecule has 0 aromatic heterocycles. The molecular weight excluding hydrogens is 351 g/mol. The molecule has 2 nitrogen and oxygen atoms in total. The lowest BCUT2D eigenvalue weighted by atomic mass is 9.82. The molecule has 0 bridgehead atoms. The maximum absolute atomic E-state index is 13.4. The average Bonchev–Trinajstić information content (AvgIpc) is 3.02. The van der Waals surface area contributed by atoms with Gasteiger partial charge in [-0.25, -0.2) is 0 Å². The molecule has 2 aromatic carbocycles. The number of carbonyl (C=O) groups is 1. The van der Waals surface area contributed by atoms with Gasteiger partial charge in [-0.05, 0) is 53.2 Å². The Balaban J connectivity index is 1.93. The number of halogens is 3. The standard InChI is InChI=1S/C22H22F3NO/c1-3-20(27)26-10-9-21(2,15-26)14-16-11-18(17-7-5-4-6-8-17)13-19(12-16)22(23,24)25/h3-8,11-13H,1,9-10,14-15H2,2H3. The summed E-state index contributed by atoms with van der Waals surface area (Å²) < 4.78 is 40.3. The topological polar surface area (TPSA) is 20.3 Å². The Morgan fingerprint density at radius 2 is 1.89 bits per heavy atom. The first-order valence-corrected chi connectivity index (χ1v) is 8.88. The van der Waals surface area contributed by atoms with Crippen molar-refractivity contribution in [2.45, 2.75) is 25.9 Å². The molecule has 27 heavy (non-hydrogen) atoms. The third kappa shape index (κ3) is 4.41. The predicted molar refractivity (Wildman–Crippen MR) is 100 cm³/mol. The number of carbonyl (C=O) groups excluding carboxylic acids is 1. The Labute approximate surface area is 157 Å². The first-order chi connectivity index (χ1) is 12.7. The third-order valence-corrected chi connectivity index (χ3v) is 5.10. The van der Waals surface area contributed by atoms with Gasteiger partial charge >= 0.3 is 6.18 Å². The van der Waals surface area contributed by atoms with E-state index in [1.165, 1.54) is 18.2 Å². The van der Waals surface area contributed by atoms with Crippen LogP contribution in [0.1, 0.15) is 24.5 Å². The van der Waals surface area contributed by atoms with Gasteiger partial charge in [0.1, 0.15) is 0 Å². The number of rotatable bonds is 4. The number of nitrogens with zero attached hydrogens (tertiary/aromatic N) is 1. The maximum Gasteiger partial charge on any atom is 0.416 e. The average molecular weight is 373 g/mol. The summed E-state index contributed by atoms with van der Waals surface area (Å²) in [6.07, 6.45) is -1.88. The van der Waals surface area contributed by atoms with Crippen molar-refractivity contribution in [2.75, 3.05) is 13.1 Å². The van der Waals surface area contributed by atoms with Crippen molar-refractivity contribution in [3.63, 3.8) is 0 Å². The van der Waals surface area contributed by atoms with E-state index in [2.05, 4.69) is 6.58 Å². The van der Waals surface area contributed by atoms with Crippen molar-refractivity contribution in [1.82, 2.24) is 4.90 Å². The monoisotopic (exact) mass is 373 g/mol. The molecule has 0 N–H and O–H groups in total. The lowest BCUT2D eigenvalue weighted by Gasteiger charge is -2.25. The summed E-state index contributed by atoms with van der Waals surface area (Å²) >= 11 is 0. The highest BCUT2D eigenvalue weighted by Gasteiger charge is 2.36. The molecule has 5 heteroatoms. The lowest BCUT2D eigenvalue weighted by molar-refractivity contribution is -0.137. The fourth-order valence-corrected chi connectivity index (χ4v) is 3.73. The van der Waals surface area contributed by atoms with Gasteiger partial charge in [0.15, 0.2) is 0 Å². The Hall–Kier alpha value is -2.56. The van der Waals surface area contributed by atoms with E-state index in [0.29, 0.717) is 30.6 Å². The zero-order valence-electron chi connectivity index (χ0n) is 15.2. The highest BCUT2D eigenvalue weighted by atomic mass is 19.4. The second-order valence-corrected chi connectivity index (χ2v) is 7.48. The molecule has 1 aliphatic heterocycles. The minimum atomic E-state index is -4.40. The fraction of sp³-hybridized carbons (Fsp3) is 0.318. The van der Waals surface area contributed by atoms with Crippen molar-refractivity contribution in [3.05, 3.63) is 72.3 Å². The number of benzene rings is 2. The van der Waals surface area contributed by atoms with Crippen LogP contribution in [-0.2, 0) is 17.4 Å². The molecule has 0 radical (unpaired) electrons. The van der Waals surface area contributed by atoms with E-state index < -0.39 is 11.7 Å². The summed E-state index contributed by atoms with van der Waals surface area (Å²) in [5.41, 5.74) is 1.06. The van der Waals surface area contributed by atoms with Gasteiger partial charge in [0.2, 0.25) is 5.91 Å². The molecular formula is C22H22F3NO. The van der Waals surface area contributed by atoms with Crippen LogP contribution < -0.4 is 0 Å². The first-order valence-electron chi connectivity index (χ1n) is 8.88.